The van der Waals surface area contributed by atoms with Gasteiger partial charge >= 0.3 is 6.01 Å². The van der Waals surface area contributed by atoms with E-state index in [1.54, 1.807) is 0 Å². The van der Waals surface area contributed by atoms with Crippen LogP contribution < -0.4 is 10.2 Å². The molecular weight excluding hydrogens is 228 g/mol. The molecular formula is C13H18N4O. The molecule has 1 aromatic carbocycles. The molecule has 0 bridgehead atoms. The van der Waals surface area contributed by atoms with E-state index < -0.39 is 0 Å². The van der Waals surface area contributed by atoms with Crippen molar-refractivity contribution in [3.63, 3.8) is 0 Å². The average molecular weight is 246 g/mol. The number of aryl methyl sites for hydroxylation is 1. The van der Waals surface area contributed by atoms with E-state index in [1.807, 2.05) is 19.0 Å². The lowest BCUT2D eigenvalue weighted by Gasteiger charge is -2.13. The second-order valence-electron chi connectivity index (χ2n) is 4.35. The van der Waals surface area contributed by atoms with Crippen molar-refractivity contribution in [2.45, 2.75) is 20.0 Å². The zero-order chi connectivity index (χ0) is 13.0. The van der Waals surface area contributed by atoms with E-state index in [0.717, 1.165) is 6.54 Å². The quantitative estimate of drug-likeness (QED) is 0.870. The molecule has 0 amide bonds. The number of nitrogens with one attached hydrogen (secondary N) is 1. The Labute approximate surface area is 107 Å². The van der Waals surface area contributed by atoms with Gasteiger partial charge < -0.3 is 14.6 Å². The zero-order valence-electron chi connectivity index (χ0n) is 11.0. The van der Waals surface area contributed by atoms with Gasteiger partial charge in [-0.3, -0.25) is 0 Å². The SMILES string of the molecule is CNCc1nnc(N(C)Cc2ccc(C)cc2)o1. The van der Waals surface area contributed by atoms with Crippen molar-refractivity contribution in [2.24, 2.45) is 0 Å². The second-order valence-corrected chi connectivity index (χ2v) is 4.35. The first-order valence-corrected chi connectivity index (χ1v) is 5.92. The smallest absolute Gasteiger partial charge is 0.318 e. The molecule has 2 rings (SSSR count). The van der Waals surface area contributed by atoms with Crippen molar-refractivity contribution in [3.05, 3.63) is 41.3 Å². The Kier molecular flexibility index (Phi) is 3.94. The van der Waals surface area contributed by atoms with Gasteiger partial charge in [-0.05, 0) is 19.5 Å². The van der Waals surface area contributed by atoms with E-state index in [1.165, 1.54) is 11.1 Å². The van der Waals surface area contributed by atoms with Gasteiger partial charge in [0.05, 0.1) is 6.54 Å². The Hall–Kier alpha value is -1.88. The van der Waals surface area contributed by atoms with E-state index in [9.17, 15) is 0 Å². The summed E-state index contributed by atoms with van der Waals surface area (Å²) in [5.41, 5.74) is 2.48. The van der Waals surface area contributed by atoms with Crippen LogP contribution in [0.1, 0.15) is 17.0 Å². The van der Waals surface area contributed by atoms with Gasteiger partial charge in [0.15, 0.2) is 0 Å². The van der Waals surface area contributed by atoms with Gasteiger partial charge in [0.1, 0.15) is 0 Å². The third kappa shape index (κ3) is 3.07. The lowest BCUT2D eigenvalue weighted by Crippen LogP contribution is -2.16. The van der Waals surface area contributed by atoms with Crippen LogP contribution in [0.25, 0.3) is 0 Å². The summed E-state index contributed by atoms with van der Waals surface area (Å²) >= 11 is 0. The first kappa shape index (κ1) is 12.6. The normalized spacial score (nSPS) is 10.6. The van der Waals surface area contributed by atoms with Crippen LogP contribution in [-0.2, 0) is 13.1 Å². The van der Waals surface area contributed by atoms with Gasteiger partial charge in [-0.25, -0.2) is 0 Å². The molecule has 2 aromatic rings. The summed E-state index contributed by atoms with van der Waals surface area (Å²) in [6, 6.07) is 8.96. The van der Waals surface area contributed by atoms with Crippen LogP contribution in [0, 0.1) is 6.92 Å². The predicted octanol–water partition coefficient (Wildman–Crippen LogP) is 1.73. The van der Waals surface area contributed by atoms with Crippen LogP contribution in [0.2, 0.25) is 0 Å². The molecule has 1 aromatic heterocycles. The minimum absolute atomic E-state index is 0.542. The van der Waals surface area contributed by atoms with E-state index >= 15 is 0 Å². The van der Waals surface area contributed by atoms with Crippen molar-refractivity contribution in [3.8, 4) is 0 Å². The Morgan fingerprint density at radius 1 is 1.22 bits per heavy atom. The van der Waals surface area contributed by atoms with Gasteiger partial charge in [0.2, 0.25) is 5.89 Å². The number of rotatable bonds is 5. The highest BCUT2D eigenvalue weighted by Gasteiger charge is 2.10. The van der Waals surface area contributed by atoms with E-state index in [-0.39, 0.29) is 0 Å². The lowest BCUT2D eigenvalue weighted by molar-refractivity contribution is 0.475. The Morgan fingerprint density at radius 3 is 2.61 bits per heavy atom. The van der Waals surface area contributed by atoms with Gasteiger partial charge in [0.25, 0.3) is 0 Å². The molecule has 5 nitrogen and oxygen atoms in total. The molecule has 1 N–H and O–H groups in total. The standard InChI is InChI=1S/C13H18N4O/c1-10-4-6-11(7-5-10)9-17(3)13-16-15-12(18-13)8-14-2/h4-7,14H,8-9H2,1-3H3. The van der Waals surface area contributed by atoms with Gasteiger partial charge in [0, 0.05) is 13.6 Å². The highest BCUT2D eigenvalue weighted by Crippen LogP contribution is 2.14. The molecule has 0 fully saturated rings. The van der Waals surface area contributed by atoms with Crippen LogP contribution in [0.3, 0.4) is 0 Å². The van der Waals surface area contributed by atoms with Gasteiger partial charge in [-0.15, -0.1) is 5.10 Å². The molecule has 1 heterocycles. The lowest BCUT2D eigenvalue weighted by atomic mass is 10.1. The number of aromatic nitrogens is 2. The van der Waals surface area contributed by atoms with E-state index in [4.69, 9.17) is 4.42 Å². The monoisotopic (exact) mass is 246 g/mol. The van der Waals surface area contributed by atoms with Gasteiger partial charge in [-0.1, -0.05) is 34.9 Å². The third-order valence-electron chi connectivity index (χ3n) is 2.65. The number of hydrogen-bond donors (Lipinski definition) is 1. The molecule has 0 aliphatic rings. The fourth-order valence-corrected chi connectivity index (χ4v) is 1.66. The maximum Gasteiger partial charge on any atom is 0.318 e. The molecule has 0 saturated heterocycles. The van der Waals surface area contributed by atoms with Crippen LogP contribution in [0.15, 0.2) is 28.7 Å². The number of nitrogens with zero attached hydrogens (tertiary/aromatic N) is 3. The summed E-state index contributed by atoms with van der Waals surface area (Å²) in [5.74, 6) is 0.600. The highest BCUT2D eigenvalue weighted by molar-refractivity contribution is 5.28. The number of anilines is 1. The predicted molar refractivity (Wildman–Crippen MR) is 70.3 cm³/mol. The molecule has 0 atom stereocenters. The summed E-state index contributed by atoms with van der Waals surface area (Å²) in [5, 5.41) is 11.0. The first-order chi connectivity index (χ1) is 8.69. The molecule has 0 aliphatic heterocycles. The van der Waals surface area contributed by atoms with E-state index in [2.05, 4.69) is 46.7 Å². The van der Waals surface area contributed by atoms with Crippen LogP contribution >= 0.6 is 0 Å². The largest absolute Gasteiger partial charge is 0.407 e. The minimum Gasteiger partial charge on any atom is -0.407 e. The topological polar surface area (TPSA) is 54.2 Å². The zero-order valence-corrected chi connectivity index (χ0v) is 11.0. The maximum atomic E-state index is 5.52. The van der Waals surface area contributed by atoms with Gasteiger partial charge in [-0.2, -0.15) is 0 Å². The minimum atomic E-state index is 0.542. The first-order valence-electron chi connectivity index (χ1n) is 5.92. The summed E-state index contributed by atoms with van der Waals surface area (Å²) < 4.78 is 5.52. The number of benzene rings is 1. The van der Waals surface area contributed by atoms with E-state index in [0.29, 0.717) is 18.5 Å². The fourth-order valence-electron chi connectivity index (χ4n) is 1.66. The summed E-state index contributed by atoms with van der Waals surface area (Å²) in [6.07, 6.45) is 0. The molecule has 0 aliphatic carbocycles. The van der Waals surface area contributed by atoms with Crippen LogP contribution in [0.5, 0.6) is 0 Å². The Morgan fingerprint density at radius 2 is 1.94 bits per heavy atom. The molecule has 96 valence electrons. The Balaban J connectivity index is 2.02. The third-order valence-corrected chi connectivity index (χ3v) is 2.65. The fraction of sp³-hybridized carbons (Fsp3) is 0.385. The molecule has 0 radical (unpaired) electrons. The van der Waals surface area contributed by atoms with Crippen LogP contribution in [-0.4, -0.2) is 24.3 Å². The maximum absolute atomic E-state index is 5.52. The second kappa shape index (κ2) is 5.64. The summed E-state index contributed by atoms with van der Waals surface area (Å²) in [4.78, 5) is 1.94. The van der Waals surface area contributed by atoms with Crippen molar-refractivity contribution >= 4 is 6.01 Å². The van der Waals surface area contributed by atoms with Crippen molar-refractivity contribution in [1.82, 2.24) is 15.5 Å². The average Bonchev–Trinajstić information content (AvgIpc) is 2.81. The highest BCUT2D eigenvalue weighted by atomic mass is 16.4. The van der Waals surface area contributed by atoms with Crippen molar-refractivity contribution in [2.75, 3.05) is 19.0 Å². The molecule has 0 spiro atoms. The number of hydrogen-bond acceptors (Lipinski definition) is 5. The van der Waals surface area contributed by atoms with Crippen molar-refractivity contribution in [1.29, 1.82) is 0 Å². The summed E-state index contributed by atoms with van der Waals surface area (Å²) in [6.45, 7) is 3.42. The molecule has 5 heteroatoms. The van der Waals surface area contributed by atoms with Crippen LogP contribution in [0.4, 0.5) is 6.01 Å². The Bertz CT molecular complexity index is 492. The van der Waals surface area contributed by atoms with Crippen molar-refractivity contribution < 1.29 is 4.42 Å². The molecule has 0 saturated carbocycles. The summed E-state index contributed by atoms with van der Waals surface area (Å²) in [7, 11) is 3.79. The molecule has 0 unspecified atom stereocenters. The molecule has 18 heavy (non-hydrogen) atoms.